The standard InChI is InChI=1S/C18H19N3O6S/c1-9-11(3)28-17(19-12(4)22)15(9)18(24)27-10(2)16(23)20-13-6-5-7-14(8-13)21(25)26/h5-8,10H,1-4H3,(H,19,22)(H,20,23)/t10-/m1/s1. The number of nitro benzene ring substituents is 1. The summed E-state index contributed by atoms with van der Waals surface area (Å²) >= 11 is 1.24. The predicted octanol–water partition coefficient (Wildman–Crippen LogP) is 3.42. The van der Waals surface area contributed by atoms with E-state index in [1.807, 2.05) is 0 Å². The Labute approximate surface area is 164 Å². The van der Waals surface area contributed by atoms with Gasteiger partial charge in [-0.15, -0.1) is 11.3 Å². The second-order valence-electron chi connectivity index (χ2n) is 6.01. The van der Waals surface area contributed by atoms with Crippen molar-refractivity contribution in [2.45, 2.75) is 33.8 Å². The number of non-ortho nitro benzene ring substituents is 1. The first-order valence-electron chi connectivity index (χ1n) is 8.24. The van der Waals surface area contributed by atoms with E-state index < -0.39 is 22.9 Å². The van der Waals surface area contributed by atoms with E-state index in [2.05, 4.69) is 10.6 Å². The Morgan fingerprint density at radius 1 is 1.21 bits per heavy atom. The monoisotopic (exact) mass is 405 g/mol. The molecule has 0 unspecified atom stereocenters. The van der Waals surface area contributed by atoms with Crippen LogP contribution < -0.4 is 10.6 Å². The molecule has 0 bridgehead atoms. The third-order valence-corrected chi connectivity index (χ3v) is 4.98. The van der Waals surface area contributed by atoms with E-state index in [9.17, 15) is 24.5 Å². The number of thiophene rings is 1. The SMILES string of the molecule is CC(=O)Nc1sc(C)c(C)c1C(=O)O[C@H](C)C(=O)Nc1cccc([N+](=O)[O-])c1. The van der Waals surface area contributed by atoms with Crippen LogP contribution in [-0.2, 0) is 14.3 Å². The predicted molar refractivity (Wildman–Crippen MR) is 105 cm³/mol. The first-order chi connectivity index (χ1) is 13.1. The van der Waals surface area contributed by atoms with Crippen molar-refractivity contribution in [2.24, 2.45) is 0 Å². The van der Waals surface area contributed by atoms with Gasteiger partial charge in [0.2, 0.25) is 5.91 Å². The zero-order valence-electron chi connectivity index (χ0n) is 15.7. The van der Waals surface area contributed by atoms with E-state index in [0.717, 1.165) is 4.88 Å². The maximum atomic E-state index is 12.6. The summed E-state index contributed by atoms with van der Waals surface area (Å²) in [6.45, 7) is 6.24. The molecule has 2 N–H and O–H groups in total. The molecule has 2 amide bonds. The van der Waals surface area contributed by atoms with E-state index >= 15 is 0 Å². The molecule has 1 aromatic carbocycles. The zero-order valence-corrected chi connectivity index (χ0v) is 16.5. The molecule has 0 aliphatic rings. The van der Waals surface area contributed by atoms with E-state index in [-0.39, 0.29) is 22.8 Å². The highest BCUT2D eigenvalue weighted by atomic mass is 32.1. The van der Waals surface area contributed by atoms with Gasteiger partial charge in [0.05, 0.1) is 10.5 Å². The van der Waals surface area contributed by atoms with E-state index in [0.29, 0.717) is 10.6 Å². The molecule has 10 heteroatoms. The maximum absolute atomic E-state index is 12.6. The van der Waals surface area contributed by atoms with Crippen molar-refractivity contribution < 1.29 is 24.0 Å². The van der Waals surface area contributed by atoms with Crippen molar-refractivity contribution in [3.05, 3.63) is 50.4 Å². The van der Waals surface area contributed by atoms with Crippen molar-refractivity contribution >= 4 is 45.5 Å². The van der Waals surface area contributed by atoms with Crippen LogP contribution in [0.1, 0.15) is 34.6 Å². The number of nitro groups is 1. The van der Waals surface area contributed by atoms with Gasteiger partial charge in [-0.25, -0.2) is 4.79 Å². The minimum absolute atomic E-state index is 0.174. The molecule has 0 saturated carbocycles. The van der Waals surface area contributed by atoms with Crippen molar-refractivity contribution in [1.82, 2.24) is 0 Å². The van der Waals surface area contributed by atoms with Crippen molar-refractivity contribution in [2.75, 3.05) is 10.6 Å². The van der Waals surface area contributed by atoms with Crippen molar-refractivity contribution in [3.8, 4) is 0 Å². The highest BCUT2D eigenvalue weighted by Gasteiger charge is 2.25. The summed E-state index contributed by atoms with van der Waals surface area (Å²) in [5.41, 5.74) is 0.896. The fraction of sp³-hybridized carbons (Fsp3) is 0.278. The number of esters is 1. The van der Waals surface area contributed by atoms with Gasteiger partial charge in [0.15, 0.2) is 6.10 Å². The van der Waals surface area contributed by atoms with Gasteiger partial charge in [0, 0.05) is 29.6 Å². The van der Waals surface area contributed by atoms with Gasteiger partial charge in [-0.1, -0.05) is 6.07 Å². The fourth-order valence-corrected chi connectivity index (χ4v) is 3.43. The Morgan fingerprint density at radius 2 is 1.89 bits per heavy atom. The van der Waals surface area contributed by atoms with Crippen molar-refractivity contribution in [3.63, 3.8) is 0 Å². The van der Waals surface area contributed by atoms with Gasteiger partial charge < -0.3 is 15.4 Å². The second-order valence-corrected chi connectivity index (χ2v) is 7.24. The first kappa shape index (κ1) is 21.0. The van der Waals surface area contributed by atoms with Gasteiger partial charge in [-0.2, -0.15) is 0 Å². The maximum Gasteiger partial charge on any atom is 0.342 e. The summed E-state index contributed by atoms with van der Waals surface area (Å²) in [6, 6.07) is 5.42. The number of carbonyl (C=O) groups excluding carboxylic acids is 3. The summed E-state index contributed by atoms with van der Waals surface area (Å²) < 4.78 is 5.24. The molecule has 0 saturated heterocycles. The molecular weight excluding hydrogens is 386 g/mol. The average molecular weight is 405 g/mol. The lowest BCUT2D eigenvalue weighted by Crippen LogP contribution is -2.30. The summed E-state index contributed by atoms with van der Waals surface area (Å²) in [5, 5.41) is 16.2. The van der Waals surface area contributed by atoms with E-state index in [1.54, 1.807) is 13.8 Å². The summed E-state index contributed by atoms with van der Waals surface area (Å²) in [5.74, 6) is -1.71. The van der Waals surface area contributed by atoms with Gasteiger partial charge in [0.25, 0.3) is 11.6 Å². The van der Waals surface area contributed by atoms with Crippen LogP contribution in [0.3, 0.4) is 0 Å². The molecule has 1 heterocycles. The fourth-order valence-electron chi connectivity index (χ4n) is 2.33. The number of hydrogen-bond acceptors (Lipinski definition) is 7. The Bertz CT molecular complexity index is 953. The molecule has 28 heavy (non-hydrogen) atoms. The summed E-state index contributed by atoms with van der Waals surface area (Å²) in [4.78, 5) is 47.3. The molecule has 0 radical (unpaired) electrons. The molecule has 1 atom stereocenters. The quantitative estimate of drug-likeness (QED) is 0.431. The molecule has 0 aliphatic heterocycles. The van der Waals surface area contributed by atoms with Crippen LogP contribution in [0.5, 0.6) is 0 Å². The Morgan fingerprint density at radius 3 is 2.50 bits per heavy atom. The first-order valence-corrected chi connectivity index (χ1v) is 9.05. The number of nitrogens with zero attached hydrogens (tertiary/aromatic N) is 1. The molecule has 148 valence electrons. The van der Waals surface area contributed by atoms with Crippen molar-refractivity contribution in [1.29, 1.82) is 0 Å². The molecule has 2 aromatic rings. The normalized spacial score (nSPS) is 11.4. The number of amides is 2. The number of benzene rings is 1. The topological polar surface area (TPSA) is 128 Å². The van der Waals surface area contributed by atoms with Gasteiger partial charge >= 0.3 is 5.97 Å². The van der Waals surface area contributed by atoms with E-state index in [1.165, 1.54) is 49.4 Å². The number of hydrogen-bond donors (Lipinski definition) is 2. The average Bonchev–Trinajstić information content (AvgIpc) is 2.88. The molecular formula is C18H19N3O6S. The van der Waals surface area contributed by atoms with Crippen LogP contribution in [0.4, 0.5) is 16.4 Å². The molecule has 0 aliphatic carbocycles. The third kappa shape index (κ3) is 4.92. The van der Waals surface area contributed by atoms with Crippen LogP contribution in [0.25, 0.3) is 0 Å². The number of aryl methyl sites for hydroxylation is 1. The molecule has 2 rings (SSSR count). The van der Waals surface area contributed by atoms with Crippen LogP contribution >= 0.6 is 11.3 Å². The Hall–Kier alpha value is -3.27. The largest absolute Gasteiger partial charge is 0.449 e. The number of rotatable bonds is 6. The lowest BCUT2D eigenvalue weighted by molar-refractivity contribution is -0.384. The number of ether oxygens (including phenoxy) is 1. The molecule has 0 fully saturated rings. The number of nitrogens with one attached hydrogen (secondary N) is 2. The summed E-state index contributed by atoms with van der Waals surface area (Å²) in [6.07, 6.45) is -1.16. The lowest BCUT2D eigenvalue weighted by atomic mass is 10.1. The van der Waals surface area contributed by atoms with Gasteiger partial charge in [-0.05, 0) is 32.4 Å². The van der Waals surface area contributed by atoms with Crippen LogP contribution in [0, 0.1) is 24.0 Å². The Kier molecular flexibility index (Phi) is 6.47. The number of carbonyl (C=O) groups is 3. The zero-order chi connectivity index (χ0) is 21.0. The Balaban J connectivity index is 2.12. The third-order valence-electron chi connectivity index (χ3n) is 3.86. The molecule has 9 nitrogen and oxygen atoms in total. The minimum atomic E-state index is -1.16. The minimum Gasteiger partial charge on any atom is -0.449 e. The number of anilines is 2. The molecule has 1 aromatic heterocycles. The van der Waals surface area contributed by atoms with Crippen LogP contribution in [0.15, 0.2) is 24.3 Å². The highest BCUT2D eigenvalue weighted by molar-refractivity contribution is 7.16. The van der Waals surface area contributed by atoms with E-state index in [4.69, 9.17) is 4.74 Å². The van der Waals surface area contributed by atoms with Crippen LogP contribution in [-0.4, -0.2) is 28.8 Å². The van der Waals surface area contributed by atoms with Crippen LogP contribution in [0.2, 0.25) is 0 Å². The summed E-state index contributed by atoms with van der Waals surface area (Å²) in [7, 11) is 0. The lowest BCUT2D eigenvalue weighted by Gasteiger charge is -2.14. The second kappa shape index (κ2) is 8.61. The smallest absolute Gasteiger partial charge is 0.342 e. The highest BCUT2D eigenvalue weighted by Crippen LogP contribution is 2.33. The molecule has 0 spiro atoms. The van der Waals surface area contributed by atoms with Gasteiger partial charge in [-0.3, -0.25) is 19.7 Å². The van der Waals surface area contributed by atoms with Gasteiger partial charge in [0.1, 0.15) is 5.00 Å².